The molecule has 2 aromatic carbocycles. The number of halogens is 2. The molecule has 0 aliphatic heterocycles. The highest BCUT2D eigenvalue weighted by Gasteiger charge is 2.11. The Bertz CT molecular complexity index is 1100. The summed E-state index contributed by atoms with van der Waals surface area (Å²) < 4.78 is 11.3. The average molecular weight is 434 g/mol. The molecule has 29 heavy (non-hydrogen) atoms. The van der Waals surface area contributed by atoms with Crippen molar-refractivity contribution in [2.75, 3.05) is 12.5 Å². The number of aryl methyl sites for hydroxylation is 1. The van der Waals surface area contributed by atoms with Crippen LogP contribution < -0.4 is 20.5 Å². The van der Waals surface area contributed by atoms with Gasteiger partial charge in [0.05, 0.1) is 13.3 Å². The first kappa shape index (κ1) is 20.6. The minimum Gasteiger partial charge on any atom is -0.493 e. The van der Waals surface area contributed by atoms with E-state index in [1.807, 2.05) is 0 Å². The summed E-state index contributed by atoms with van der Waals surface area (Å²) in [5.74, 6) is 1.13. The zero-order chi connectivity index (χ0) is 20.8. The summed E-state index contributed by atoms with van der Waals surface area (Å²) in [6.07, 6.45) is 1.52. The number of hydrogen-bond donors (Lipinski definition) is 2. The molecule has 3 rings (SSSR count). The monoisotopic (exact) mass is 433 g/mol. The van der Waals surface area contributed by atoms with Crippen LogP contribution in [0.25, 0.3) is 0 Å². The molecule has 2 N–H and O–H groups in total. The van der Waals surface area contributed by atoms with Gasteiger partial charge in [-0.1, -0.05) is 35.3 Å². The van der Waals surface area contributed by atoms with Crippen LogP contribution in [0.5, 0.6) is 11.5 Å². The number of anilines is 1. The lowest BCUT2D eigenvalue weighted by molar-refractivity contribution is 0.284. The molecule has 10 heteroatoms. The highest BCUT2D eigenvalue weighted by molar-refractivity contribution is 6.35. The Morgan fingerprint density at radius 2 is 2.07 bits per heavy atom. The summed E-state index contributed by atoms with van der Waals surface area (Å²) in [6, 6.07) is 10.6. The van der Waals surface area contributed by atoms with Gasteiger partial charge in [-0.2, -0.15) is 5.10 Å². The lowest BCUT2D eigenvalue weighted by Crippen LogP contribution is -2.15. The first-order chi connectivity index (χ1) is 14.0. The van der Waals surface area contributed by atoms with Crippen LogP contribution in [-0.4, -0.2) is 28.5 Å². The fourth-order valence-corrected chi connectivity index (χ4v) is 2.81. The fraction of sp³-hybridized carbons (Fsp3) is 0.158. The number of nitrogens with one attached hydrogen (secondary N) is 2. The molecule has 0 aliphatic rings. The van der Waals surface area contributed by atoms with Crippen molar-refractivity contribution in [3.05, 3.63) is 73.6 Å². The number of hydrogen-bond acceptors (Lipinski definition) is 7. The highest BCUT2D eigenvalue weighted by atomic mass is 35.5. The zero-order valence-corrected chi connectivity index (χ0v) is 17.1. The van der Waals surface area contributed by atoms with Gasteiger partial charge in [-0.05, 0) is 31.2 Å². The number of hydrazone groups is 1. The van der Waals surface area contributed by atoms with Crippen LogP contribution in [0.3, 0.4) is 0 Å². The highest BCUT2D eigenvalue weighted by Crippen LogP contribution is 2.32. The Balaban J connectivity index is 1.79. The van der Waals surface area contributed by atoms with Crippen molar-refractivity contribution in [1.82, 2.24) is 15.2 Å². The van der Waals surface area contributed by atoms with E-state index < -0.39 is 0 Å². The number of methoxy groups -OCH3 is 1. The second kappa shape index (κ2) is 9.40. The van der Waals surface area contributed by atoms with Crippen LogP contribution in [0.15, 0.2) is 46.3 Å². The Labute approximate surface area is 176 Å². The van der Waals surface area contributed by atoms with E-state index in [-0.39, 0.29) is 23.8 Å². The Morgan fingerprint density at radius 1 is 1.24 bits per heavy atom. The summed E-state index contributed by atoms with van der Waals surface area (Å²) in [5, 5.41) is 12.7. The predicted molar refractivity (Wildman–Crippen MR) is 112 cm³/mol. The number of rotatable bonds is 7. The molecule has 0 bridgehead atoms. The topological polar surface area (TPSA) is 101 Å². The molecule has 1 heterocycles. The van der Waals surface area contributed by atoms with Crippen molar-refractivity contribution in [1.29, 1.82) is 0 Å². The van der Waals surface area contributed by atoms with Crippen molar-refractivity contribution < 1.29 is 9.47 Å². The van der Waals surface area contributed by atoms with Crippen molar-refractivity contribution in [3.8, 4) is 11.5 Å². The fourth-order valence-electron chi connectivity index (χ4n) is 2.35. The van der Waals surface area contributed by atoms with E-state index in [2.05, 4.69) is 25.7 Å². The average Bonchev–Trinajstić information content (AvgIpc) is 2.70. The summed E-state index contributed by atoms with van der Waals surface area (Å²) >= 11 is 12.1. The van der Waals surface area contributed by atoms with Gasteiger partial charge in [-0.3, -0.25) is 9.78 Å². The van der Waals surface area contributed by atoms with Gasteiger partial charge in [0.25, 0.3) is 5.56 Å². The van der Waals surface area contributed by atoms with Crippen LogP contribution in [0, 0.1) is 6.92 Å². The van der Waals surface area contributed by atoms with Crippen LogP contribution >= 0.6 is 23.2 Å². The van der Waals surface area contributed by atoms with E-state index in [0.29, 0.717) is 27.1 Å². The zero-order valence-electron chi connectivity index (χ0n) is 15.6. The van der Waals surface area contributed by atoms with Crippen LogP contribution in [0.1, 0.15) is 16.8 Å². The number of ether oxygens (including phenoxy) is 2. The summed E-state index contributed by atoms with van der Waals surface area (Å²) in [7, 11) is 1.54. The van der Waals surface area contributed by atoms with Crippen molar-refractivity contribution in [2.45, 2.75) is 13.5 Å². The molecule has 150 valence electrons. The van der Waals surface area contributed by atoms with Crippen LogP contribution in [-0.2, 0) is 6.61 Å². The SMILES string of the molecule is COc1cccc(/C=N/Nc2nnc(C)c(=O)[nH]2)c1OCc1ccc(Cl)cc1Cl. The van der Waals surface area contributed by atoms with Crippen molar-refractivity contribution >= 4 is 35.4 Å². The van der Waals surface area contributed by atoms with Gasteiger partial charge in [0.2, 0.25) is 5.95 Å². The molecule has 0 saturated heterocycles. The van der Waals surface area contributed by atoms with Gasteiger partial charge in [-0.15, -0.1) is 10.2 Å². The van der Waals surface area contributed by atoms with Crippen molar-refractivity contribution in [2.24, 2.45) is 5.10 Å². The van der Waals surface area contributed by atoms with Gasteiger partial charge in [0, 0.05) is 21.2 Å². The minimum absolute atomic E-state index is 0.121. The molecule has 1 aromatic heterocycles. The molecular formula is C19H17Cl2N5O3. The molecule has 0 radical (unpaired) electrons. The third-order valence-corrected chi connectivity index (χ3v) is 4.44. The van der Waals surface area contributed by atoms with Gasteiger partial charge in [0.15, 0.2) is 11.5 Å². The number of nitrogens with zero attached hydrogens (tertiary/aromatic N) is 3. The first-order valence-electron chi connectivity index (χ1n) is 8.44. The van der Waals surface area contributed by atoms with Gasteiger partial charge >= 0.3 is 0 Å². The van der Waals surface area contributed by atoms with E-state index in [0.717, 1.165) is 5.56 Å². The van der Waals surface area contributed by atoms with Gasteiger partial charge in [-0.25, -0.2) is 5.43 Å². The predicted octanol–water partition coefficient (Wildman–Crippen LogP) is 3.81. The molecule has 0 atom stereocenters. The third-order valence-electron chi connectivity index (χ3n) is 3.85. The Hall–Kier alpha value is -3.10. The van der Waals surface area contributed by atoms with Gasteiger partial charge < -0.3 is 9.47 Å². The molecule has 0 aliphatic carbocycles. The van der Waals surface area contributed by atoms with Gasteiger partial charge in [0.1, 0.15) is 12.3 Å². The van der Waals surface area contributed by atoms with Crippen LogP contribution in [0.4, 0.5) is 5.95 Å². The lowest BCUT2D eigenvalue weighted by Gasteiger charge is -2.14. The quantitative estimate of drug-likeness (QED) is 0.433. The number of benzene rings is 2. The number of aromatic nitrogens is 3. The summed E-state index contributed by atoms with van der Waals surface area (Å²) in [4.78, 5) is 14.1. The summed E-state index contributed by atoms with van der Waals surface area (Å²) in [6.45, 7) is 1.77. The maximum Gasteiger partial charge on any atom is 0.274 e. The molecule has 3 aromatic rings. The molecule has 0 unspecified atom stereocenters. The smallest absolute Gasteiger partial charge is 0.274 e. The standard InChI is InChI=1S/C19H17Cl2N5O3/c1-11-18(27)23-19(26-24-11)25-22-9-12-4-3-5-16(28-2)17(12)29-10-13-6-7-14(20)8-15(13)21/h3-9H,10H2,1-2H3,(H2,23,25,26,27)/b22-9+. The number of aromatic amines is 1. The maximum absolute atomic E-state index is 11.6. The van der Waals surface area contributed by atoms with E-state index in [1.165, 1.54) is 6.21 Å². The summed E-state index contributed by atoms with van der Waals surface area (Å²) in [5.41, 5.74) is 3.96. The van der Waals surface area contributed by atoms with Crippen LogP contribution in [0.2, 0.25) is 10.0 Å². The molecule has 0 saturated carbocycles. The minimum atomic E-state index is -0.344. The van der Waals surface area contributed by atoms with E-state index in [1.54, 1.807) is 50.4 Å². The number of H-pyrrole nitrogens is 1. The second-order valence-corrected chi connectivity index (χ2v) is 6.70. The molecule has 0 amide bonds. The molecular weight excluding hydrogens is 417 g/mol. The Morgan fingerprint density at radius 3 is 2.79 bits per heavy atom. The normalized spacial score (nSPS) is 10.9. The number of para-hydroxylation sites is 1. The van der Waals surface area contributed by atoms with E-state index in [9.17, 15) is 4.79 Å². The lowest BCUT2D eigenvalue weighted by atomic mass is 10.2. The molecule has 8 nitrogen and oxygen atoms in total. The van der Waals surface area contributed by atoms with E-state index >= 15 is 0 Å². The molecule has 0 spiro atoms. The first-order valence-corrected chi connectivity index (χ1v) is 9.20. The Kier molecular flexibility index (Phi) is 6.69. The largest absolute Gasteiger partial charge is 0.493 e. The van der Waals surface area contributed by atoms with E-state index in [4.69, 9.17) is 32.7 Å². The molecule has 0 fully saturated rings. The van der Waals surface area contributed by atoms with Crippen molar-refractivity contribution in [3.63, 3.8) is 0 Å². The third kappa shape index (κ3) is 5.24. The maximum atomic E-state index is 11.6. The second-order valence-electron chi connectivity index (χ2n) is 5.86.